The van der Waals surface area contributed by atoms with Crippen LogP contribution in [0.4, 0.5) is 13.2 Å². The fourth-order valence-corrected chi connectivity index (χ4v) is 2.35. The first-order valence-corrected chi connectivity index (χ1v) is 8.18. The number of hydrogen-bond acceptors (Lipinski definition) is 3. The molecule has 0 unspecified atom stereocenters. The molecule has 0 aromatic carbocycles. The highest BCUT2D eigenvalue weighted by atomic mass is 32.2. The molecule has 0 atom stereocenters. The average molecular weight is 306 g/mol. The van der Waals surface area contributed by atoms with Crippen molar-refractivity contribution in [3.63, 3.8) is 0 Å². The third-order valence-corrected chi connectivity index (χ3v) is 3.66. The Morgan fingerprint density at radius 3 is 2.35 bits per heavy atom. The summed E-state index contributed by atoms with van der Waals surface area (Å²) in [5.41, 5.74) is -0.559. The van der Waals surface area contributed by atoms with Gasteiger partial charge in [-0.1, -0.05) is 50.8 Å². The summed E-state index contributed by atoms with van der Waals surface area (Å²) in [5.74, 6) is 0. The predicted molar refractivity (Wildman–Crippen MR) is 75.9 cm³/mol. The molecule has 1 rings (SSSR count). The highest BCUT2D eigenvalue weighted by Gasteiger charge is 2.35. The molecular formula is C14H21F3N2S. The molecule has 0 N–H and O–H groups in total. The highest BCUT2D eigenvalue weighted by molar-refractivity contribution is 7.98. The standard InChI is InChI=1S/C14H21F3N2S/c1-3-4-5-6-7-8-9-11-10-18-13(20-2)19-12(11)14(15,16)17/h10H,3-9H2,1-2H3. The largest absolute Gasteiger partial charge is 0.433 e. The number of aromatic nitrogens is 2. The number of unbranched alkanes of at least 4 members (excludes halogenated alkanes) is 5. The van der Waals surface area contributed by atoms with Crippen LogP contribution in [-0.4, -0.2) is 16.2 Å². The fraction of sp³-hybridized carbons (Fsp3) is 0.714. The molecule has 0 bridgehead atoms. The summed E-state index contributed by atoms with van der Waals surface area (Å²) in [6, 6.07) is 0. The molecule has 0 fully saturated rings. The van der Waals surface area contributed by atoms with E-state index in [0.29, 0.717) is 6.42 Å². The molecule has 0 spiro atoms. The summed E-state index contributed by atoms with van der Waals surface area (Å²) in [6.07, 6.45) is 5.32. The lowest BCUT2D eigenvalue weighted by molar-refractivity contribution is -0.142. The molecule has 1 aromatic heterocycles. The molecule has 20 heavy (non-hydrogen) atoms. The van der Waals surface area contributed by atoms with Crippen LogP contribution in [0.2, 0.25) is 0 Å². The molecule has 0 aliphatic heterocycles. The number of nitrogens with zero attached hydrogens (tertiary/aromatic N) is 2. The second kappa shape index (κ2) is 8.49. The van der Waals surface area contributed by atoms with E-state index in [-0.39, 0.29) is 10.7 Å². The van der Waals surface area contributed by atoms with Crippen LogP contribution >= 0.6 is 11.8 Å². The summed E-state index contributed by atoms with van der Waals surface area (Å²) >= 11 is 1.12. The Morgan fingerprint density at radius 2 is 1.75 bits per heavy atom. The van der Waals surface area contributed by atoms with Gasteiger partial charge in [0.05, 0.1) is 0 Å². The molecule has 0 saturated heterocycles. The van der Waals surface area contributed by atoms with Crippen molar-refractivity contribution in [2.24, 2.45) is 0 Å². The van der Waals surface area contributed by atoms with Crippen molar-refractivity contribution < 1.29 is 13.2 Å². The summed E-state index contributed by atoms with van der Waals surface area (Å²) < 4.78 is 38.8. The third kappa shape index (κ3) is 5.69. The maximum absolute atomic E-state index is 12.9. The van der Waals surface area contributed by atoms with Gasteiger partial charge in [0.15, 0.2) is 10.9 Å². The van der Waals surface area contributed by atoms with Crippen LogP contribution in [0.5, 0.6) is 0 Å². The van der Waals surface area contributed by atoms with E-state index in [2.05, 4.69) is 16.9 Å². The van der Waals surface area contributed by atoms with Gasteiger partial charge in [-0.3, -0.25) is 0 Å². The summed E-state index contributed by atoms with van der Waals surface area (Å²) in [6.45, 7) is 2.14. The lowest BCUT2D eigenvalue weighted by Crippen LogP contribution is -2.13. The van der Waals surface area contributed by atoms with Gasteiger partial charge in [0, 0.05) is 11.8 Å². The summed E-state index contributed by atoms with van der Waals surface area (Å²) in [7, 11) is 0. The smallest absolute Gasteiger partial charge is 0.231 e. The minimum atomic E-state index is -4.40. The molecule has 6 heteroatoms. The monoisotopic (exact) mass is 306 g/mol. The van der Waals surface area contributed by atoms with Gasteiger partial charge >= 0.3 is 6.18 Å². The minimum absolute atomic E-state index is 0.170. The van der Waals surface area contributed by atoms with Crippen LogP contribution in [0.1, 0.15) is 56.7 Å². The molecule has 1 aromatic rings. The lowest BCUT2D eigenvalue weighted by atomic mass is 10.0. The number of aryl methyl sites for hydroxylation is 1. The van der Waals surface area contributed by atoms with E-state index < -0.39 is 11.9 Å². The van der Waals surface area contributed by atoms with E-state index >= 15 is 0 Å². The Bertz CT molecular complexity index is 408. The predicted octanol–water partition coefficient (Wildman–Crippen LogP) is 5.12. The Hall–Kier alpha value is -0.780. The van der Waals surface area contributed by atoms with E-state index in [1.54, 1.807) is 6.26 Å². The van der Waals surface area contributed by atoms with Gasteiger partial charge in [-0.2, -0.15) is 13.2 Å². The first-order valence-electron chi connectivity index (χ1n) is 6.96. The molecule has 0 aliphatic rings. The molecule has 2 nitrogen and oxygen atoms in total. The van der Waals surface area contributed by atoms with Crippen LogP contribution in [0.25, 0.3) is 0 Å². The van der Waals surface area contributed by atoms with Gasteiger partial charge in [-0.15, -0.1) is 0 Å². The topological polar surface area (TPSA) is 25.8 Å². The zero-order valence-electron chi connectivity index (χ0n) is 12.0. The Labute approximate surface area is 122 Å². The number of alkyl halides is 3. The van der Waals surface area contributed by atoms with Gasteiger partial charge in [0.1, 0.15) is 0 Å². The van der Waals surface area contributed by atoms with Crippen molar-refractivity contribution in [2.75, 3.05) is 6.26 Å². The van der Waals surface area contributed by atoms with Gasteiger partial charge in [-0.05, 0) is 19.1 Å². The van der Waals surface area contributed by atoms with E-state index in [1.165, 1.54) is 19.0 Å². The maximum Gasteiger partial charge on any atom is 0.433 e. The third-order valence-electron chi connectivity index (χ3n) is 3.09. The number of thioether (sulfide) groups is 1. The van der Waals surface area contributed by atoms with Gasteiger partial charge in [0.2, 0.25) is 0 Å². The molecule has 114 valence electrons. The summed E-state index contributed by atoms with van der Waals surface area (Å²) in [4.78, 5) is 7.57. The lowest BCUT2D eigenvalue weighted by Gasteiger charge is -2.12. The van der Waals surface area contributed by atoms with Crippen molar-refractivity contribution in [1.29, 1.82) is 0 Å². The minimum Gasteiger partial charge on any atom is -0.231 e. The number of rotatable bonds is 8. The van der Waals surface area contributed by atoms with Gasteiger partial charge in [0.25, 0.3) is 0 Å². The second-order valence-corrected chi connectivity index (χ2v) is 5.52. The maximum atomic E-state index is 12.9. The Kier molecular flexibility index (Phi) is 7.34. The van der Waals surface area contributed by atoms with Crippen LogP contribution in [0.3, 0.4) is 0 Å². The van der Waals surface area contributed by atoms with Crippen molar-refractivity contribution in [3.8, 4) is 0 Å². The zero-order valence-corrected chi connectivity index (χ0v) is 12.8. The molecule has 1 heterocycles. The molecule has 0 aliphatic carbocycles. The number of hydrogen-bond donors (Lipinski definition) is 0. The quantitative estimate of drug-likeness (QED) is 0.379. The molecule has 0 amide bonds. The van der Waals surface area contributed by atoms with Crippen molar-refractivity contribution in [3.05, 3.63) is 17.5 Å². The molecule has 0 radical (unpaired) electrons. The van der Waals surface area contributed by atoms with E-state index in [4.69, 9.17) is 0 Å². The van der Waals surface area contributed by atoms with Crippen LogP contribution < -0.4 is 0 Å². The Morgan fingerprint density at radius 1 is 1.10 bits per heavy atom. The first kappa shape index (κ1) is 17.3. The van der Waals surface area contributed by atoms with Gasteiger partial charge < -0.3 is 0 Å². The first-order chi connectivity index (χ1) is 9.49. The molecular weight excluding hydrogens is 285 g/mol. The average Bonchev–Trinajstić information content (AvgIpc) is 2.41. The van der Waals surface area contributed by atoms with E-state index in [0.717, 1.165) is 37.4 Å². The second-order valence-electron chi connectivity index (χ2n) is 4.75. The van der Waals surface area contributed by atoms with Crippen LogP contribution in [-0.2, 0) is 12.6 Å². The zero-order chi connectivity index (χ0) is 15.0. The SMILES string of the molecule is CCCCCCCCc1cnc(SC)nc1C(F)(F)F. The summed E-state index contributed by atoms with van der Waals surface area (Å²) in [5, 5.41) is 0.170. The molecule has 0 saturated carbocycles. The Balaban J connectivity index is 2.60. The number of halogens is 3. The van der Waals surface area contributed by atoms with Crippen LogP contribution in [0.15, 0.2) is 11.4 Å². The highest BCUT2D eigenvalue weighted by Crippen LogP contribution is 2.31. The van der Waals surface area contributed by atoms with Crippen molar-refractivity contribution >= 4 is 11.8 Å². The fourth-order valence-electron chi connectivity index (χ4n) is 2.01. The normalized spacial score (nSPS) is 11.8. The van der Waals surface area contributed by atoms with Crippen LogP contribution in [0, 0.1) is 0 Å². The van der Waals surface area contributed by atoms with E-state index in [9.17, 15) is 13.2 Å². The van der Waals surface area contributed by atoms with Crippen molar-refractivity contribution in [1.82, 2.24) is 9.97 Å². The van der Waals surface area contributed by atoms with E-state index in [1.807, 2.05) is 0 Å². The van der Waals surface area contributed by atoms with Gasteiger partial charge in [-0.25, -0.2) is 9.97 Å². The van der Waals surface area contributed by atoms with Crippen molar-refractivity contribution in [2.45, 2.75) is 63.2 Å².